The van der Waals surface area contributed by atoms with Crippen LogP contribution in [0.25, 0.3) is 0 Å². The van der Waals surface area contributed by atoms with Gasteiger partial charge in [-0.05, 0) is 24.3 Å². The molecule has 200 valence electrons. The summed E-state index contributed by atoms with van der Waals surface area (Å²) in [6.45, 7) is 0. The number of carbonyl (C=O) groups excluding carboxylic acids is 1. The SMILES string of the molecule is COc1ccc(NC(=O)[C@@](F)(N2C(F)(F)C(F)(F)N(C(F)(F)F)C(F)(F)C2(F)F)C(F)(F)F)cc1. The number of rotatable bonds is 4. The molecule has 1 aliphatic heterocycles. The van der Waals surface area contributed by atoms with Crippen LogP contribution >= 0.6 is 0 Å². The zero-order chi connectivity index (χ0) is 27.6. The Bertz CT molecular complexity index is 932. The molecule has 20 heteroatoms. The highest BCUT2D eigenvalue weighted by Gasteiger charge is 2.94. The normalized spacial score (nSPS) is 23.9. The fourth-order valence-corrected chi connectivity index (χ4v) is 2.84. The second kappa shape index (κ2) is 7.93. The molecule has 1 fully saturated rings. The van der Waals surface area contributed by atoms with Crippen molar-refractivity contribution in [3.05, 3.63) is 24.3 Å². The van der Waals surface area contributed by atoms with Gasteiger partial charge in [-0.25, -0.2) is 4.39 Å². The zero-order valence-corrected chi connectivity index (χ0v) is 16.2. The standard InChI is InChI=1S/C15H8F15N3O2/c1-35-7-4-2-6(3-5-7)31-8(34)9(16,10(17,18)19)32-11(20,21)13(24,25)33(15(28,29)30)14(26,27)12(32,22)23/h2-5H,1H3,(H,31,34)/t9-/m1/s1. The van der Waals surface area contributed by atoms with Crippen LogP contribution in [-0.4, -0.2) is 65.3 Å². The number of nitrogens with one attached hydrogen (secondary N) is 1. The first-order chi connectivity index (χ1) is 15.4. The van der Waals surface area contributed by atoms with Crippen LogP contribution < -0.4 is 10.1 Å². The Hall–Kier alpha value is -2.64. The number of methoxy groups -OCH3 is 1. The van der Waals surface area contributed by atoms with Crippen LogP contribution in [0.1, 0.15) is 0 Å². The van der Waals surface area contributed by atoms with E-state index < -0.39 is 63.8 Å². The Morgan fingerprint density at radius 3 is 1.43 bits per heavy atom. The highest BCUT2D eigenvalue weighted by Crippen LogP contribution is 2.64. The van der Waals surface area contributed by atoms with Crippen LogP contribution in [0.15, 0.2) is 24.3 Å². The van der Waals surface area contributed by atoms with Crippen LogP contribution in [0.3, 0.4) is 0 Å². The van der Waals surface area contributed by atoms with Gasteiger partial charge in [0.2, 0.25) is 0 Å². The quantitative estimate of drug-likeness (QED) is 0.407. The van der Waals surface area contributed by atoms with Crippen molar-refractivity contribution in [2.45, 2.75) is 42.5 Å². The smallest absolute Gasteiger partial charge is 0.469 e. The minimum Gasteiger partial charge on any atom is -0.497 e. The summed E-state index contributed by atoms with van der Waals surface area (Å²) >= 11 is 0. The number of alkyl halides is 15. The average Bonchev–Trinajstić information content (AvgIpc) is 2.64. The average molecular weight is 547 g/mol. The number of halogens is 15. The highest BCUT2D eigenvalue weighted by molar-refractivity contribution is 5.97. The van der Waals surface area contributed by atoms with Gasteiger partial charge in [0, 0.05) is 5.69 Å². The number of nitrogens with zero attached hydrogens (tertiary/aromatic N) is 2. The van der Waals surface area contributed by atoms with E-state index in [1.54, 1.807) is 0 Å². The van der Waals surface area contributed by atoms with E-state index in [4.69, 9.17) is 0 Å². The van der Waals surface area contributed by atoms with Gasteiger partial charge in [0.05, 0.1) is 7.11 Å². The molecule has 0 saturated carbocycles. The number of hydrogen-bond donors (Lipinski definition) is 1. The molecule has 0 aliphatic carbocycles. The molecule has 1 aromatic carbocycles. The Labute approximate surface area is 183 Å². The van der Waals surface area contributed by atoms with E-state index in [1.807, 2.05) is 0 Å². The minimum atomic E-state index is -7.73. The third kappa shape index (κ3) is 3.99. The molecular formula is C15H8F15N3O2. The molecule has 1 heterocycles. The third-order valence-corrected chi connectivity index (χ3v) is 4.43. The molecule has 0 bridgehead atoms. The summed E-state index contributed by atoms with van der Waals surface area (Å²) in [6, 6.07) is -28.1. The van der Waals surface area contributed by atoms with Crippen molar-refractivity contribution in [2.24, 2.45) is 0 Å². The number of amides is 1. The molecule has 1 aromatic rings. The summed E-state index contributed by atoms with van der Waals surface area (Å²) in [4.78, 5) is 3.99. The van der Waals surface area contributed by atoms with Gasteiger partial charge in [0.15, 0.2) is 0 Å². The summed E-state index contributed by atoms with van der Waals surface area (Å²) in [5, 5.41) is 0.786. The molecule has 0 aromatic heterocycles. The van der Waals surface area contributed by atoms with Crippen molar-refractivity contribution < 1.29 is 75.4 Å². The van der Waals surface area contributed by atoms with Gasteiger partial charge in [0.1, 0.15) is 5.75 Å². The van der Waals surface area contributed by atoms with Gasteiger partial charge in [-0.3, -0.25) is 4.79 Å². The number of anilines is 1. The highest BCUT2D eigenvalue weighted by atomic mass is 19.4. The lowest BCUT2D eigenvalue weighted by atomic mass is 10.0. The summed E-state index contributed by atoms with van der Waals surface area (Å²) in [5.74, 6) is -10.9. The maximum absolute atomic E-state index is 14.9. The van der Waals surface area contributed by atoms with Crippen molar-refractivity contribution in [2.75, 3.05) is 12.4 Å². The van der Waals surface area contributed by atoms with E-state index in [2.05, 4.69) is 4.74 Å². The van der Waals surface area contributed by atoms with Crippen LogP contribution in [0, 0.1) is 0 Å². The van der Waals surface area contributed by atoms with E-state index in [1.165, 1.54) is 0 Å². The van der Waals surface area contributed by atoms with E-state index >= 15 is 0 Å². The molecule has 0 radical (unpaired) electrons. The van der Waals surface area contributed by atoms with Crippen molar-refractivity contribution >= 4 is 11.6 Å². The van der Waals surface area contributed by atoms with Gasteiger partial charge in [0.25, 0.3) is 5.91 Å². The van der Waals surface area contributed by atoms with Crippen LogP contribution in [0.4, 0.5) is 71.5 Å². The first-order valence-corrected chi connectivity index (χ1v) is 8.31. The summed E-state index contributed by atoms with van der Waals surface area (Å²) < 4.78 is 210. The Morgan fingerprint density at radius 1 is 0.743 bits per heavy atom. The number of hydrogen-bond acceptors (Lipinski definition) is 4. The van der Waals surface area contributed by atoms with E-state index in [9.17, 15) is 70.7 Å². The molecular weight excluding hydrogens is 539 g/mol. The van der Waals surface area contributed by atoms with Gasteiger partial charge in [-0.15, -0.1) is 4.90 Å². The lowest BCUT2D eigenvalue weighted by molar-refractivity contribution is -0.569. The maximum Gasteiger partial charge on any atom is 0.469 e. The minimum absolute atomic E-state index is 0.0917. The molecule has 1 saturated heterocycles. The fourth-order valence-electron chi connectivity index (χ4n) is 2.84. The second-order valence-electron chi connectivity index (χ2n) is 6.61. The van der Waals surface area contributed by atoms with Crippen LogP contribution in [0.2, 0.25) is 0 Å². The van der Waals surface area contributed by atoms with E-state index in [-0.39, 0.29) is 5.75 Å². The molecule has 0 unspecified atom stereocenters. The van der Waals surface area contributed by atoms with Crippen molar-refractivity contribution in [3.63, 3.8) is 0 Å². The Balaban J connectivity index is 2.79. The topological polar surface area (TPSA) is 44.8 Å². The summed E-state index contributed by atoms with van der Waals surface area (Å²) in [6.07, 6.45) is -14.8. The molecule has 2 rings (SSSR count). The lowest BCUT2D eigenvalue weighted by Crippen LogP contribution is -2.88. The maximum atomic E-state index is 14.9. The predicted octanol–water partition coefficient (Wildman–Crippen LogP) is 5.37. The monoisotopic (exact) mass is 547 g/mol. The molecule has 5 nitrogen and oxygen atoms in total. The Morgan fingerprint density at radius 2 is 1.11 bits per heavy atom. The first kappa shape index (κ1) is 28.6. The number of ether oxygens (including phenoxy) is 1. The molecule has 1 N–H and O–H groups in total. The molecule has 1 atom stereocenters. The van der Waals surface area contributed by atoms with Gasteiger partial charge in [-0.2, -0.15) is 61.5 Å². The number of carbonyl (C=O) groups is 1. The molecule has 0 spiro atoms. The summed E-state index contributed by atoms with van der Waals surface area (Å²) in [5.41, 5.74) is -1.01. The lowest BCUT2D eigenvalue weighted by Gasteiger charge is -2.55. The number of piperazine rings is 1. The van der Waals surface area contributed by atoms with Crippen molar-refractivity contribution in [3.8, 4) is 5.75 Å². The molecule has 1 amide bonds. The zero-order valence-electron chi connectivity index (χ0n) is 16.2. The number of benzene rings is 1. The first-order valence-electron chi connectivity index (χ1n) is 8.31. The van der Waals surface area contributed by atoms with Gasteiger partial charge < -0.3 is 10.1 Å². The van der Waals surface area contributed by atoms with Crippen molar-refractivity contribution in [1.82, 2.24) is 9.80 Å². The van der Waals surface area contributed by atoms with Crippen LogP contribution in [0.5, 0.6) is 5.75 Å². The summed E-state index contributed by atoms with van der Waals surface area (Å²) in [7, 11) is 1.05. The predicted molar refractivity (Wildman–Crippen MR) is 81.0 cm³/mol. The third-order valence-electron chi connectivity index (χ3n) is 4.43. The Kier molecular flexibility index (Phi) is 6.48. The van der Waals surface area contributed by atoms with Crippen molar-refractivity contribution in [1.29, 1.82) is 0 Å². The van der Waals surface area contributed by atoms with Crippen LogP contribution in [-0.2, 0) is 4.79 Å². The largest absolute Gasteiger partial charge is 0.497 e. The van der Waals surface area contributed by atoms with Gasteiger partial charge in [-0.1, -0.05) is 4.90 Å². The van der Waals surface area contributed by atoms with E-state index in [0.29, 0.717) is 12.1 Å². The molecule has 1 aliphatic rings. The van der Waals surface area contributed by atoms with E-state index in [0.717, 1.165) is 24.6 Å². The molecule has 35 heavy (non-hydrogen) atoms. The second-order valence-corrected chi connectivity index (χ2v) is 6.61. The fraction of sp³-hybridized carbons (Fsp3) is 0.533. The van der Waals surface area contributed by atoms with Gasteiger partial charge >= 0.3 is 42.5 Å².